The first-order chi connectivity index (χ1) is 9.49. The molecule has 2 atom stereocenters. The minimum atomic E-state index is -0.380. The quantitative estimate of drug-likeness (QED) is 0.930. The number of nitrogens with zero attached hydrogens (tertiary/aromatic N) is 1. The van der Waals surface area contributed by atoms with Gasteiger partial charge in [-0.25, -0.2) is 0 Å². The predicted octanol–water partition coefficient (Wildman–Crippen LogP) is 3.16. The molecule has 2 unspecified atom stereocenters. The molecule has 1 aromatic carbocycles. The van der Waals surface area contributed by atoms with Crippen molar-refractivity contribution < 1.29 is 9.90 Å². The van der Waals surface area contributed by atoms with Crippen LogP contribution < -0.4 is 0 Å². The van der Waals surface area contributed by atoms with Gasteiger partial charge in [0.25, 0.3) is 0 Å². The number of rotatable bonds is 3. The van der Waals surface area contributed by atoms with E-state index in [4.69, 9.17) is 23.2 Å². The molecule has 0 radical (unpaired) electrons. The van der Waals surface area contributed by atoms with Crippen molar-refractivity contribution in [3.05, 3.63) is 33.8 Å². The third kappa shape index (κ3) is 3.66. The molecule has 0 bridgehead atoms. The van der Waals surface area contributed by atoms with Crippen LogP contribution in [0.4, 0.5) is 0 Å². The molecule has 3 nitrogen and oxygen atoms in total. The molecule has 1 N–H and O–H groups in total. The normalized spacial score (nSPS) is 20.8. The minimum Gasteiger partial charge on any atom is -0.393 e. The van der Waals surface area contributed by atoms with Crippen LogP contribution in [0.15, 0.2) is 18.2 Å². The highest BCUT2D eigenvalue weighted by molar-refractivity contribution is 6.36. The maximum Gasteiger partial charge on any atom is 0.227 e. The van der Waals surface area contributed by atoms with Gasteiger partial charge < -0.3 is 10.0 Å². The van der Waals surface area contributed by atoms with E-state index in [0.29, 0.717) is 22.2 Å². The topological polar surface area (TPSA) is 40.5 Å². The highest BCUT2D eigenvalue weighted by atomic mass is 35.5. The van der Waals surface area contributed by atoms with Gasteiger partial charge in [0.2, 0.25) is 5.91 Å². The van der Waals surface area contributed by atoms with Crippen molar-refractivity contribution in [2.75, 3.05) is 13.1 Å². The molecule has 1 fully saturated rings. The summed E-state index contributed by atoms with van der Waals surface area (Å²) in [4.78, 5) is 14.2. The first kappa shape index (κ1) is 15.6. The van der Waals surface area contributed by atoms with E-state index in [1.807, 2.05) is 0 Å². The van der Waals surface area contributed by atoms with Crippen LogP contribution in [0.2, 0.25) is 10.0 Å². The summed E-state index contributed by atoms with van der Waals surface area (Å²) in [5.41, 5.74) is 0.681. The van der Waals surface area contributed by atoms with Crippen molar-refractivity contribution in [1.29, 1.82) is 0 Å². The molecule has 2 rings (SSSR count). The third-order valence-electron chi connectivity index (χ3n) is 3.88. The van der Waals surface area contributed by atoms with Crippen molar-refractivity contribution >= 4 is 29.1 Å². The molecule has 20 heavy (non-hydrogen) atoms. The van der Waals surface area contributed by atoms with Gasteiger partial charge in [-0.1, -0.05) is 29.3 Å². The number of carbonyl (C=O) groups excluding carboxylic acids is 1. The number of amides is 1. The number of benzene rings is 1. The van der Waals surface area contributed by atoms with Gasteiger partial charge in [0.15, 0.2) is 0 Å². The Bertz CT molecular complexity index is 471. The van der Waals surface area contributed by atoms with Crippen molar-refractivity contribution in [1.82, 2.24) is 4.90 Å². The Labute approximate surface area is 129 Å². The number of piperidine rings is 1. The summed E-state index contributed by atoms with van der Waals surface area (Å²) in [6.45, 7) is 3.13. The molecule has 0 spiro atoms. The SMILES string of the molecule is CC(O)C1CCCN(C(=O)Cc2c(Cl)cccc2Cl)C1. The fraction of sp³-hybridized carbons (Fsp3) is 0.533. The maximum atomic E-state index is 12.4. The van der Waals surface area contributed by atoms with E-state index >= 15 is 0 Å². The molecule has 1 aromatic rings. The smallest absolute Gasteiger partial charge is 0.227 e. The summed E-state index contributed by atoms with van der Waals surface area (Å²) < 4.78 is 0. The van der Waals surface area contributed by atoms with E-state index in [1.54, 1.807) is 30.0 Å². The molecule has 1 aliphatic rings. The van der Waals surface area contributed by atoms with Gasteiger partial charge in [-0.3, -0.25) is 4.79 Å². The molecule has 0 saturated carbocycles. The van der Waals surface area contributed by atoms with Gasteiger partial charge in [-0.15, -0.1) is 0 Å². The number of likely N-dealkylation sites (tertiary alicyclic amines) is 1. The van der Waals surface area contributed by atoms with Crippen LogP contribution in [0.1, 0.15) is 25.3 Å². The monoisotopic (exact) mass is 315 g/mol. The van der Waals surface area contributed by atoms with Crippen LogP contribution in [0, 0.1) is 5.92 Å². The van der Waals surface area contributed by atoms with Gasteiger partial charge in [0, 0.05) is 29.1 Å². The summed E-state index contributed by atoms with van der Waals surface area (Å²) in [5.74, 6) is 0.180. The lowest BCUT2D eigenvalue weighted by Crippen LogP contribution is -2.43. The summed E-state index contributed by atoms with van der Waals surface area (Å²) in [5, 5.41) is 10.7. The Kier molecular flexibility index (Phi) is 5.30. The number of aliphatic hydroxyl groups is 1. The van der Waals surface area contributed by atoms with E-state index in [-0.39, 0.29) is 24.3 Å². The molecule has 5 heteroatoms. The molecule has 0 aliphatic carbocycles. The summed E-state index contributed by atoms with van der Waals surface area (Å²) in [7, 11) is 0. The summed E-state index contributed by atoms with van der Waals surface area (Å²) >= 11 is 12.2. The molecule has 1 saturated heterocycles. The van der Waals surface area contributed by atoms with Gasteiger partial charge in [0.05, 0.1) is 12.5 Å². The highest BCUT2D eigenvalue weighted by Gasteiger charge is 2.27. The Balaban J connectivity index is 2.05. The van der Waals surface area contributed by atoms with Crippen molar-refractivity contribution in [3.63, 3.8) is 0 Å². The molecular weight excluding hydrogens is 297 g/mol. The zero-order valence-electron chi connectivity index (χ0n) is 11.5. The molecule has 1 aliphatic heterocycles. The van der Waals surface area contributed by atoms with E-state index in [0.717, 1.165) is 19.4 Å². The minimum absolute atomic E-state index is 0.0188. The lowest BCUT2D eigenvalue weighted by Gasteiger charge is -2.34. The second-order valence-electron chi connectivity index (χ2n) is 5.36. The average molecular weight is 316 g/mol. The molecule has 0 aromatic heterocycles. The molecule has 1 amide bonds. The Hall–Kier alpha value is -0.770. The largest absolute Gasteiger partial charge is 0.393 e. The van der Waals surface area contributed by atoms with E-state index in [1.165, 1.54) is 0 Å². The lowest BCUT2D eigenvalue weighted by atomic mass is 9.93. The number of hydrogen-bond donors (Lipinski definition) is 1. The second kappa shape index (κ2) is 6.79. The zero-order chi connectivity index (χ0) is 14.7. The highest BCUT2D eigenvalue weighted by Crippen LogP contribution is 2.26. The van der Waals surface area contributed by atoms with Crippen LogP contribution in [-0.2, 0) is 11.2 Å². The standard InChI is InChI=1S/C15H19Cl2NO2/c1-10(19)11-4-3-7-18(9-11)15(20)8-12-13(16)5-2-6-14(12)17/h2,5-6,10-11,19H,3-4,7-9H2,1H3. The number of carbonyl (C=O) groups is 1. The Morgan fingerprint density at radius 2 is 2.10 bits per heavy atom. The second-order valence-corrected chi connectivity index (χ2v) is 6.17. The van der Waals surface area contributed by atoms with Crippen molar-refractivity contribution in [2.45, 2.75) is 32.3 Å². The number of aliphatic hydroxyl groups excluding tert-OH is 1. The van der Waals surface area contributed by atoms with Gasteiger partial charge in [-0.05, 0) is 37.5 Å². The van der Waals surface area contributed by atoms with Gasteiger partial charge in [0.1, 0.15) is 0 Å². The third-order valence-corrected chi connectivity index (χ3v) is 4.59. The van der Waals surface area contributed by atoms with Crippen LogP contribution >= 0.6 is 23.2 Å². The molecular formula is C15H19Cl2NO2. The van der Waals surface area contributed by atoms with E-state index < -0.39 is 0 Å². The van der Waals surface area contributed by atoms with Crippen LogP contribution in [0.25, 0.3) is 0 Å². The predicted molar refractivity (Wildman–Crippen MR) is 81.2 cm³/mol. The van der Waals surface area contributed by atoms with Gasteiger partial charge in [-0.2, -0.15) is 0 Å². The zero-order valence-corrected chi connectivity index (χ0v) is 13.0. The van der Waals surface area contributed by atoms with Gasteiger partial charge >= 0.3 is 0 Å². The first-order valence-electron chi connectivity index (χ1n) is 6.87. The average Bonchev–Trinajstić information content (AvgIpc) is 2.43. The van der Waals surface area contributed by atoms with Crippen LogP contribution in [0.5, 0.6) is 0 Å². The first-order valence-corrected chi connectivity index (χ1v) is 7.63. The van der Waals surface area contributed by atoms with Crippen molar-refractivity contribution in [2.24, 2.45) is 5.92 Å². The Morgan fingerprint density at radius 1 is 1.45 bits per heavy atom. The molecule has 110 valence electrons. The lowest BCUT2D eigenvalue weighted by molar-refractivity contribution is -0.133. The number of hydrogen-bond acceptors (Lipinski definition) is 2. The van der Waals surface area contributed by atoms with E-state index in [9.17, 15) is 9.90 Å². The fourth-order valence-electron chi connectivity index (χ4n) is 2.59. The Morgan fingerprint density at radius 3 is 2.70 bits per heavy atom. The summed E-state index contributed by atoms with van der Waals surface area (Å²) in [6, 6.07) is 5.25. The molecule has 1 heterocycles. The van der Waals surface area contributed by atoms with Crippen molar-refractivity contribution in [3.8, 4) is 0 Å². The van der Waals surface area contributed by atoms with E-state index in [2.05, 4.69) is 0 Å². The maximum absolute atomic E-state index is 12.4. The van der Waals surface area contributed by atoms with Crippen LogP contribution in [-0.4, -0.2) is 35.1 Å². The summed E-state index contributed by atoms with van der Waals surface area (Å²) in [6.07, 6.45) is 1.73. The van der Waals surface area contributed by atoms with Crippen LogP contribution in [0.3, 0.4) is 0 Å². The number of halogens is 2. The fourth-order valence-corrected chi connectivity index (χ4v) is 3.13.